The molecule has 1 saturated heterocycles. The van der Waals surface area contributed by atoms with E-state index in [2.05, 4.69) is 26.3 Å². The van der Waals surface area contributed by atoms with Crippen molar-refractivity contribution in [3.63, 3.8) is 0 Å². The molecule has 0 unspecified atom stereocenters. The second-order valence-corrected chi connectivity index (χ2v) is 6.41. The molecule has 2 atom stereocenters. The third-order valence-electron chi connectivity index (χ3n) is 5.03. The van der Waals surface area contributed by atoms with Gasteiger partial charge in [0.2, 0.25) is 5.91 Å². The Morgan fingerprint density at radius 3 is 3.04 bits per heavy atom. The van der Waals surface area contributed by atoms with Gasteiger partial charge in [-0.05, 0) is 18.4 Å². The summed E-state index contributed by atoms with van der Waals surface area (Å²) in [6, 6.07) is 2.03. The summed E-state index contributed by atoms with van der Waals surface area (Å²) in [5.41, 5.74) is 2.90. The minimum Gasteiger partial charge on any atom is -0.345 e. The zero-order valence-corrected chi connectivity index (χ0v) is 13.5. The largest absolute Gasteiger partial charge is 0.345 e. The Labute approximate surface area is 134 Å². The summed E-state index contributed by atoms with van der Waals surface area (Å²) in [4.78, 5) is 26.4. The second-order valence-electron chi connectivity index (χ2n) is 6.41. The Kier molecular flexibility index (Phi) is 3.32. The van der Waals surface area contributed by atoms with E-state index in [9.17, 15) is 4.79 Å². The maximum absolute atomic E-state index is 12.1. The van der Waals surface area contributed by atoms with Gasteiger partial charge in [-0.25, -0.2) is 9.97 Å². The first-order valence-corrected chi connectivity index (χ1v) is 8.26. The highest BCUT2D eigenvalue weighted by Crippen LogP contribution is 2.33. The Bertz CT molecular complexity index is 864. The van der Waals surface area contributed by atoms with Crippen LogP contribution < -0.4 is 0 Å². The Morgan fingerprint density at radius 1 is 1.39 bits per heavy atom. The highest BCUT2D eigenvalue weighted by atomic mass is 16.2. The number of piperidine rings is 1. The summed E-state index contributed by atoms with van der Waals surface area (Å²) in [6.45, 7) is 5.79. The van der Waals surface area contributed by atoms with Crippen LogP contribution in [0.15, 0.2) is 24.7 Å². The molecule has 0 spiro atoms. The number of likely N-dealkylation sites (tertiary alicyclic amines) is 1. The number of aromatic nitrogens is 4. The van der Waals surface area contributed by atoms with Crippen LogP contribution in [-0.4, -0.2) is 43.2 Å². The number of carbonyl (C=O) groups is 1. The fourth-order valence-corrected chi connectivity index (χ4v) is 3.62. The molecule has 3 aromatic rings. The monoisotopic (exact) mass is 311 g/mol. The molecule has 4 heterocycles. The zero-order chi connectivity index (χ0) is 16.0. The lowest BCUT2D eigenvalue weighted by atomic mass is 9.86. The first kappa shape index (κ1) is 14.2. The van der Waals surface area contributed by atoms with E-state index >= 15 is 0 Å². The van der Waals surface area contributed by atoms with E-state index in [1.54, 1.807) is 0 Å². The number of hydrogen-bond donors (Lipinski definition) is 1. The van der Waals surface area contributed by atoms with Crippen LogP contribution in [0, 0.1) is 5.92 Å². The van der Waals surface area contributed by atoms with Gasteiger partial charge in [0.15, 0.2) is 5.65 Å². The normalized spacial score (nSPS) is 22.1. The molecular formula is C17H21N5O. The molecule has 0 aromatic carbocycles. The maximum Gasteiger partial charge on any atom is 0.222 e. The number of imidazole rings is 1. The minimum absolute atomic E-state index is 0.233. The molecule has 1 fully saturated rings. The number of aromatic amines is 1. The minimum atomic E-state index is 0.233. The molecule has 6 nitrogen and oxygen atoms in total. The van der Waals surface area contributed by atoms with Crippen molar-refractivity contribution < 1.29 is 4.79 Å². The summed E-state index contributed by atoms with van der Waals surface area (Å²) in [5.74, 6) is 2.02. The number of H-pyrrole nitrogens is 1. The van der Waals surface area contributed by atoms with Crippen LogP contribution in [-0.2, 0) is 4.79 Å². The summed E-state index contributed by atoms with van der Waals surface area (Å²) in [6.07, 6.45) is 7.21. The van der Waals surface area contributed by atoms with Crippen molar-refractivity contribution in [2.45, 2.75) is 32.6 Å². The summed E-state index contributed by atoms with van der Waals surface area (Å²) >= 11 is 0. The number of nitrogens with one attached hydrogen (secondary N) is 1. The van der Waals surface area contributed by atoms with Crippen molar-refractivity contribution in [1.82, 2.24) is 24.3 Å². The van der Waals surface area contributed by atoms with Gasteiger partial charge >= 0.3 is 0 Å². The number of amides is 1. The highest BCUT2D eigenvalue weighted by molar-refractivity contribution is 5.76. The third kappa shape index (κ3) is 2.20. The van der Waals surface area contributed by atoms with Gasteiger partial charge in [0, 0.05) is 31.6 Å². The van der Waals surface area contributed by atoms with Crippen LogP contribution >= 0.6 is 0 Å². The molecule has 0 aliphatic carbocycles. The van der Waals surface area contributed by atoms with Crippen LogP contribution in [0.5, 0.6) is 0 Å². The molecule has 1 N–H and O–H groups in total. The maximum atomic E-state index is 12.1. The van der Waals surface area contributed by atoms with Crippen LogP contribution in [0.1, 0.15) is 38.4 Å². The van der Waals surface area contributed by atoms with Crippen molar-refractivity contribution in [3.8, 4) is 0 Å². The molecule has 1 aliphatic rings. The Balaban J connectivity index is 1.80. The van der Waals surface area contributed by atoms with Crippen LogP contribution in [0.2, 0.25) is 0 Å². The van der Waals surface area contributed by atoms with Crippen molar-refractivity contribution in [2.24, 2.45) is 5.92 Å². The SMILES string of the molecule is CCC(=O)N1CC[C@H](C)[C@H](c2ncc3cnc4[nH]ccc4n23)C1. The average molecular weight is 311 g/mol. The lowest BCUT2D eigenvalue weighted by Gasteiger charge is -2.36. The predicted molar refractivity (Wildman–Crippen MR) is 88.2 cm³/mol. The quantitative estimate of drug-likeness (QED) is 0.791. The molecule has 0 radical (unpaired) electrons. The van der Waals surface area contributed by atoms with Gasteiger partial charge in [0.05, 0.1) is 23.4 Å². The Morgan fingerprint density at radius 2 is 2.22 bits per heavy atom. The molecule has 23 heavy (non-hydrogen) atoms. The van der Waals surface area contributed by atoms with Crippen molar-refractivity contribution in [3.05, 3.63) is 30.5 Å². The van der Waals surface area contributed by atoms with E-state index in [1.807, 2.05) is 36.5 Å². The smallest absolute Gasteiger partial charge is 0.222 e. The number of hydrogen-bond acceptors (Lipinski definition) is 3. The standard InChI is InChI=1S/C17H21N5O/c1-3-15(23)21-7-5-11(2)13(10-21)17-20-9-12-8-19-16-14(22(12)17)4-6-18-16/h4,6,8-9,11,13,18H,3,5,7,10H2,1-2H3/t11-,13+/m0/s1. The number of carbonyl (C=O) groups excluding carboxylic acids is 1. The van der Waals surface area contributed by atoms with E-state index in [0.717, 1.165) is 42.0 Å². The van der Waals surface area contributed by atoms with Crippen LogP contribution in [0.25, 0.3) is 16.7 Å². The summed E-state index contributed by atoms with van der Waals surface area (Å²) in [7, 11) is 0. The van der Waals surface area contributed by atoms with Gasteiger partial charge in [-0.3, -0.25) is 9.20 Å². The lowest BCUT2D eigenvalue weighted by molar-refractivity contribution is -0.132. The summed E-state index contributed by atoms with van der Waals surface area (Å²) in [5, 5.41) is 0. The van der Waals surface area contributed by atoms with Crippen molar-refractivity contribution >= 4 is 22.6 Å². The van der Waals surface area contributed by atoms with E-state index < -0.39 is 0 Å². The molecule has 1 aliphatic heterocycles. The van der Waals surface area contributed by atoms with Gasteiger partial charge in [-0.2, -0.15) is 0 Å². The fraction of sp³-hybridized carbons (Fsp3) is 0.471. The molecule has 0 bridgehead atoms. The van der Waals surface area contributed by atoms with Gasteiger partial charge in [-0.15, -0.1) is 0 Å². The first-order valence-electron chi connectivity index (χ1n) is 8.26. The molecule has 4 rings (SSSR count). The van der Waals surface area contributed by atoms with Gasteiger partial charge in [0.1, 0.15) is 5.82 Å². The molecule has 6 heteroatoms. The van der Waals surface area contributed by atoms with E-state index in [0.29, 0.717) is 12.3 Å². The summed E-state index contributed by atoms with van der Waals surface area (Å²) < 4.78 is 2.18. The fourth-order valence-electron chi connectivity index (χ4n) is 3.62. The van der Waals surface area contributed by atoms with E-state index in [1.165, 1.54) is 0 Å². The predicted octanol–water partition coefficient (Wildman–Crippen LogP) is 2.57. The zero-order valence-electron chi connectivity index (χ0n) is 13.5. The van der Waals surface area contributed by atoms with Crippen molar-refractivity contribution in [2.75, 3.05) is 13.1 Å². The third-order valence-corrected chi connectivity index (χ3v) is 5.03. The second kappa shape index (κ2) is 5.37. The Hall–Kier alpha value is -2.37. The molecular weight excluding hydrogens is 290 g/mol. The topological polar surface area (TPSA) is 66.3 Å². The number of nitrogens with zero attached hydrogens (tertiary/aromatic N) is 4. The first-order chi connectivity index (χ1) is 11.2. The molecule has 0 saturated carbocycles. The number of fused-ring (bicyclic) bond motifs is 3. The molecule has 3 aromatic heterocycles. The highest BCUT2D eigenvalue weighted by Gasteiger charge is 2.32. The van der Waals surface area contributed by atoms with Gasteiger partial charge in [-0.1, -0.05) is 13.8 Å². The van der Waals surface area contributed by atoms with E-state index in [4.69, 9.17) is 0 Å². The molecule has 120 valence electrons. The lowest BCUT2D eigenvalue weighted by Crippen LogP contribution is -2.42. The van der Waals surface area contributed by atoms with Gasteiger partial charge < -0.3 is 9.88 Å². The van der Waals surface area contributed by atoms with Crippen LogP contribution in [0.3, 0.4) is 0 Å². The van der Waals surface area contributed by atoms with E-state index in [-0.39, 0.29) is 11.8 Å². The number of rotatable bonds is 2. The van der Waals surface area contributed by atoms with Crippen LogP contribution in [0.4, 0.5) is 0 Å². The van der Waals surface area contributed by atoms with Crippen molar-refractivity contribution in [1.29, 1.82) is 0 Å². The van der Waals surface area contributed by atoms with Gasteiger partial charge in [0.25, 0.3) is 0 Å². The average Bonchev–Trinajstić information content (AvgIpc) is 3.20. The molecule has 1 amide bonds.